The van der Waals surface area contributed by atoms with Crippen LogP contribution >= 0.6 is 0 Å². The highest BCUT2D eigenvalue weighted by molar-refractivity contribution is 5.82. The Balaban J connectivity index is 2.05. The first kappa shape index (κ1) is 14.9. The Morgan fingerprint density at radius 2 is 2.21 bits per heavy atom. The van der Waals surface area contributed by atoms with Crippen molar-refractivity contribution >= 4 is 16.7 Å². The van der Waals surface area contributed by atoms with Crippen LogP contribution in [0.3, 0.4) is 0 Å². The van der Waals surface area contributed by atoms with Crippen molar-refractivity contribution in [3.63, 3.8) is 0 Å². The maximum Gasteiger partial charge on any atom is 0.261 e. The Bertz CT molecular complexity index is 1000. The molecule has 3 aromatic rings. The quantitative estimate of drug-likeness (QED) is 0.735. The maximum absolute atomic E-state index is 12.9. The van der Waals surface area contributed by atoms with Gasteiger partial charge in [-0.1, -0.05) is 11.6 Å². The van der Waals surface area contributed by atoms with Crippen LogP contribution in [0.25, 0.3) is 22.3 Å². The molecule has 0 fully saturated rings. The molecule has 2 aromatic heterocycles. The van der Waals surface area contributed by atoms with E-state index in [0.29, 0.717) is 35.6 Å². The van der Waals surface area contributed by atoms with E-state index >= 15 is 0 Å². The molecule has 0 amide bonds. The number of hydrogen-bond donors (Lipinski definition) is 2. The summed E-state index contributed by atoms with van der Waals surface area (Å²) in [5.74, 6) is 1.03. The van der Waals surface area contributed by atoms with Crippen molar-refractivity contribution in [1.82, 2.24) is 19.3 Å². The normalized spacial score (nSPS) is 13.6. The molecular weight excluding hydrogens is 306 g/mol. The third-order valence-corrected chi connectivity index (χ3v) is 4.50. The molecule has 24 heavy (non-hydrogen) atoms. The van der Waals surface area contributed by atoms with Gasteiger partial charge in [0.25, 0.3) is 5.56 Å². The summed E-state index contributed by atoms with van der Waals surface area (Å²) in [4.78, 5) is 17.7. The van der Waals surface area contributed by atoms with Crippen molar-refractivity contribution in [2.75, 3.05) is 12.3 Å². The second kappa shape index (κ2) is 5.45. The molecule has 0 atom stereocenters. The van der Waals surface area contributed by atoms with E-state index in [0.717, 1.165) is 29.7 Å². The second-order valence-electron chi connectivity index (χ2n) is 6.17. The lowest BCUT2D eigenvalue weighted by Gasteiger charge is -2.12. The topological polar surface area (TPSA) is 99.0 Å². The van der Waals surface area contributed by atoms with Crippen molar-refractivity contribution in [1.29, 1.82) is 0 Å². The molecule has 124 valence electrons. The summed E-state index contributed by atoms with van der Waals surface area (Å²) < 4.78 is 3.29. The highest BCUT2D eigenvalue weighted by Gasteiger charge is 2.25. The fourth-order valence-corrected chi connectivity index (χ4v) is 3.35. The summed E-state index contributed by atoms with van der Waals surface area (Å²) in [5.41, 5.74) is 9.47. The highest BCUT2D eigenvalue weighted by atomic mass is 16.3. The number of nitrogens with two attached hydrogens (primary N) is 1. The first-order chi connectivity index (χ1) is 11.6. The summed E-state index contributed by atoms with van der Waals surface area (Å²) in [6, 6.07) is 5.69. The first-order valence-corrected chi connectivity index (χ1v) is 8.07. The van der Waals surface area contributed by atoms with E-state index in [-0.39, 0.29) is 12.2 Å². The Morgan fingerprint density at radius 1 is 1.38 bits per heavy atom. The van der Waals surface area contributed by atoms with E-state index in [2.05, 4.69) is 5.10 Å². The zero-order chi connectivity index (χ0) is 16.8. The van der Waals surface area contributed by atoms with Gasteiger partial charge < -0.3 is 10.8 Å². The second-order valence-corrected chi connectivity index (χ2v) is 6.17. The SMILES string of the molecule is Cc1ccc2nc3n(c(=O)c2c1)CCCc1nn(CCO)c(N)c1-3. The molecule has 4 rings (SSSR count). The third kappa shape index (κ3) is 2.12. The first-order valence-electron chi connectivity index (χ1n) is 8.07. The molecule has 0 spiro atoms. The van der Waals surface area contributed by atoms with Crippen molar-refractivity contribution in [2.45, 2.75) is 32.9 Å². The number of rotatable bonds is 2. The zero-order valence-electron chi connectivity index (χ0n) is 13.5. The standard InChI is InChI=1S/C17H19N5O2/c1-10-4-5-12-11(9-10)17(24)21-6-2-3-13-14(16(21)19-12)15(18)22(20-13)7-8-23/h4-5,9,23H,2-3,6-8,18H2,1H3. The Labute approximate surface area is 138 Å². The number of aliphatic hydroxyl groups is 1. The molecule has 3 heterocycles. The van der Waals surface area contributed by atoms with Crippen molar-refractivity contribution < 1.29 is 5.11 Å². The van der Waals surface area contributed by atoms with Crippen molar-refractivity contribution in [2.24, 2.45) is 0 Å². The number of aryl methyl sites for hydroxylation is 2. The van der Waals surface area contributed by atoms with E-state index in [1.165, 1.54) is 0 Å². The van der Waals surface area contributed by atoms with Crippen molar-refractivity contribution in [3.05, 3.63) is 39.8 Å². The minimum Gasteiger partial charge on any atom is -0.394 e. The number of benzene rings is 1. The predicted molar refractivity (Wildman–Crippen MR) is 91.8 cm³/mol. The number of anilines is 1. The van der Waals surface area contributed by atoms with Crippen LogP contribution in [0, 0.1) is 6.92 Å². The molecule has 1 aromatic carbocycles. The van der Waals surface area contributed by atoms with Gasteiger partial charge in [-0.15, -0.1) is 0 Å². The lowest BCUT2D eigenvalue weighted by Crippen LogP contribution is -2.23. The number of hydrogen-bond acceptors (Lipinski definition) is 5. The van der Waals surface area contributed by atoms with E-state index in [4.69, 9.17) is 10.7 Å². The molecule has 7 heteroatoms. The Morgan fingerprint density at radius 3 is 3.00 bits per heavy atom. The molecule has 0 unspecified atom stereocenters. The van der Waals surface area contributed by atoms with Crippen LogP contribution in [0.2, 0.25) is 0 Å². The monoisotopic (exact) mass is 325 g/mol. The lowest BCUT2D eigenvalue weighted by molar-refractivity contribution is 0.270. The van der Waals surface area contributed by atoms with Gasteiger partial charge in [0.2, 0.25) is 0 Å². The summed E-state index contributed by atoms with van der Waals surface area (Å²) >= 11 is 0. The molecule has 0 saturated heterocycles. The average molecular weight is 325 g/mol. The van der Waals surface area contributed by atoms with Gasteiger partial charge >= 0.3 is 0 Å². The summed E-state index contributed by atoms with van der Waals surface area (Å²) in [6.07, 6.45) is 1.53. The molecule has 0 saturated carbocycles. The van der Waals surface area contributed by atoms with Gasteiger partial charge in [0, 0.05) is 6.54 Å². The van der Waals surface area contributed by atoms with E-state index in [1.54, 1.807) is 9.25 Å². The predicted octanol–water partition coefficient (Wildman–Crippen LogP) is 1.09. The van der Waals surface area contributed by atoms with E-state index < -0.39 is 0 Å². The van der Waals surface area contributed by atoms with Gasteiger partial charge in [-0.3, -0.25) is 9.36 Å². The highest BCUT2D eigenvalue weighted by Crippen LogP contribution is 2.32. The molecule has 3 N–H and O–H groups in total. The zero-order valence-corrected chi connectivity index (χ0v) is 13.5. The maximum atomic E-state index is 12.9. The van der Waals surface area contributed by atoms with Crippen LogP contribution in [0.4, 0.5) is 5.82 Å². The fraction of sp³-hybridized carbons (Fsp3) is 0.353. The Hall–Kier alpha value is -2.67. The minimum atomic E-state index is -0.0409. The molecule has 1 aliphatic rings. The molecular formula is C17H19N5O2. The van der Waals surface area contributed by atoms with E-state index in [9.17, 15) is 9.90 Å². The summed E-state index contributed by atoms with van der Waals surface area (Å²) in [5, 5.41) is 14.3. The number of fused-ring (bicyclic) bond motifs is 4. The van der Waals surface area contributed by atoms with Crippen LogP contribution in [0.15, 0.2) is 23.0 Å². The third-order valence-electron chi connectivity index (χ3n) is 4.50. The largest absolute Gasteiger partial charge is 0.394 e. The molecule has 7 nitrogen and oxygen atoms in total. The van der Waals surface area contributed by atoms with Crippen LogP contribution < -0.4 is 11.3 Å². The van der Waals surface area contributed by atoms with Gasteiger partial charge in [0.15, 0.2) is 0 Å². The molecule has 0 radical (unpaired) electrons. The fourth-order valence-electron chi connectivity index (χ4n) is 3.35. The van der Waals surface area contributed by atoms with Crippen LogP contribution in [-0.4, -0.2) is 31.0 Å². The van der Waals surface area contributed by atoms with Gasteiger partial charge in [-0.2, -0.15) is 5.10 Å². The number of aromatic nitrogens is 4. The molecule has 0 bridgehead atoms. The summed E-state index contributed by atoms with van der Waals surface area (Å²) in [6.45, 7) is 2.85. The average Bonchev–Trinajstić information content (AvgIpc) is 2.75. The van der Waals surface area contributed by atoms with Gasteiger partial charge in [-0.05, 0) is 31.9 Å². The van der Waals surface area contributed by atoms with Crippen LogP contribution in [0.5, 0.6) is 0 Å². The van der Waals surface area contributed by atoms with E-state index in [1.807, 2.05) is 25.1 Å². The van der Waals surface area contributed by atoms with Gasteiger partial charge in [-0.25, -0.2) is 9.67 Å². The summed E-state index contributed by atoms with van der Waals surface area (Å²) in [7, 11) is 0. The van der Waals surface area contributed by atoms with Gasteiger partial charge in [0.1, 0.15) is 11.6 Å². The lowest BCUT2D eigenvalue weighted by atomic mass is 10.1. The number of aliphatic hydroxyl groups excluding tert-OH is 1. The molecule has 0 aliphatic carbocycles. The number of nitrogen functional groups attached to an aromatic ring is 1. The van der Waals surface area contributed by atoms with Crippen LogP contribution in [-0.2, 0) is 19.5 Å². The van der Waals surface area contributed by atoms with Gasteiger partial charge in [0.05, 0.1) is 35.3 Å². The van der Waals surface area contributed by atoms with Crippen molar-refractivity contribution in [3.8, 4) is 11.4 Å². The number of nitrogens with zero attached hydrogens (tertiary/aromatic N) is 4. The Kier molecular flexibility index (Phi) is 3.38. The molecule has 1 aliphatic heterocycles. The van der Waals surface area contributed by atoms with Crippen LogP contribution in [0.1, 0.15) is 17.7 Å². The smallest absolute Gasteiger partial charge is 0.261 e. The minimum absolute atomic E-state index is 0.0397.